The first-order valence-corrected chi connectivity index (χ1v) is 9.89. The van der Waals surface area contributed by atoms with Crippen LogP contribution in [0.15, 0.2) is 60.7 Å². The molecule has 27 heavy (non-hydrogen) atoms. The summed E-state index contributed by atoms with van der Waals surface area (Å²) in [4.78, 5) is 18.0. The third-order valence-electron chi connectivity index (χ3n) is 6.15. The van der Waals surface area contributed by atoms with Crippen LogP contribution >= 0.6 is 0 Å². The molecule has 0 saturated carbocycles. The second kappa shape index (κ2) is 7.83. The fraction of sp³-hybridized carbons (Fsp3) is 0.435. The van der Waals surface area contributed by atoms with Crippen LogP contribution in [0, 0.1) is 5.92 Å². The number of likely N-dealkylation sites (tertiary alicyclic amines) is 1. The van der Waals surface area contributed by atoms with Gasteiger partial charge in [-0.3, -0.25) is 9.69 Å². The maximum Gasteiger partial charge on any atom is 0.237 e. The Kier molecular flexibility index (Phi) is 5.28. The molecule has 4 rings (SSSR count). The second-order valence-corrected chi connectivity index (χ2v) is 7.67. The maximum absolute atomic E-state index is 13.6. The highest BCUT2D eigenvalue weighted by molar-refractivity contribution is 5.94. The lowest BCUT2D eigenvalue weighted by Crippen LogP contribution is -2.43. The lowest BCUT2D eigenvalue weighted by molar-refractivity contribution is -0.130. The summed E-state index contributed by atoms with van der Waals surface area (Å²) in [5, 5.41) is 0. The number of likely N-dealkylation sites (N-methyl/N-ethyl adjacent to an activating group) is 1. The van der Waals surface area contributed by atoms with Gasteiger partial charge in [-0.25, -0.2) is 0 Å². The minimum Gasteiger partial charge on any atom is -0.379 e. The minimum absolute atomic E-state index is 0.215. The summed E-state index contributed by atoms with van der Waals surface area (Å²) in [6, 6.07) is 20.7. The van der Waals surface area contributed by atoms with E-state index in [1.165, 1.54) is 0 Å². The molecule has 0 radical (unpaired) electrons. The number of morpholine rings is 1. The zero-order chi connectivity index (χ0) is 18.7. The largest absolute Gasteiger partial charge is 0.379 e. The SMILES string of the molecule is CN1C[C@@H](CCN2CCOCC2)C(c2ccccc2)(c2ccccc2)C1=O. The van der Waals surface area contributed by atoms with Gasteiger partial charge in [0.15, 0.2) is 0 Å². The van der Waals surface area contributed by atoms with Gasteiger partial charge in [0.2, 0.25) is 5.91 Å². The second-order valence-electron chi connectivity index (χ2n) is 7.67. The number of carbonyl (C=O) groups excluding carboxylic acids is 1. The molecular formula is C23H28N2O2. The Morgan fingerprint density at radius 3 is 2.07 bits per heavy atom. The number of ether oxygens (including phenoxy) is 1. The molecule has 0 unspecified atom stereocenters. The van der Waals surface area contributed by atoms with Crippen molar-refractivity contribution in [3.8, 4) is 0 Å². The van der Waals surface area contributed by atoms with Crippen molar-refractivity contribution >= 4 is 5.91 Å². The van der Waals surface area contributed by atoms with Gasteiger partial charge in [-0.1, -0.05) is 60.7 Å². The fourth-order valence-electron chi connectivity index (χ4n) is 4.78. The molecule has 0 aromatic heterocycles. The highest BCUT2D eigenvalue weighted by atomic mass is 16.5. The molecule has 2 aromatic carbocycles. The van der Waals surface area contributed by atoms with Crippen LogP contribution in [0.1, 0.15) is 17.5 Å². The van der Waals surface area contributed by atoms with Crippen LogP contribution < -0.4 is 0 Å². The van der Waals surface area contributed by atoms with E-state index in [-0.39, 0.29) is 11.8 Å². The number of benzene rings is 2. The Morgan fingerprint density at radius 1 is 0.963 bits per heavy atom. The van der Waals surface area contributed by atoms with Gasteiger partial charge in [0, 0.05) is 32.6 Å². The Morgan fingerprint density at radius 2 is 1.52 bits per heavy atom. The fourth-order valence-corrected chi connectivity index (χ4v) is 4.78. The van der Waals surface area contributed by atoms with Gasteiger partial charge in [-0.2, -0.15) is 0 Å². The van der Waals surface area contributed by atoms with E-state index < -0.39 is 5.41 Å². The summed E-state index contributed by atoms with van der Waals surface area (Å²) in [6.45, 7) is 5.40. The standard InChI is InChI=1S/C23H28N2O2/c1-24-18-21(12-13-25-14-16-27-17-15-25)23(22(24)26,19-8-4-2-5-9-19)20-10-6-3-7-11-20/h2-11,21H,12-18H2,1H3/t21-/m1/s1. The summed E-state index contributed by atoms with van der Waals surface area (Å²) >= 11 is 0. The molecule has 0 spiro atoms. The Labute approximate surface area is 161 Å². The van der Waals surface area contributed by atoms with Crippen molar-refractivity contribution in [2.24, 2.45) is 5.92 Å². The van der Waals surface area contributed by atoms with Gasteiger partial charge >= 0.3 is 0 Å². The van der Waals surface area contributed by atoms with E-state index in [0.717, 1.165) is 56.9 Å². The molecule has 4 nitrogen and oxygen atoms in total. The van der Waals surface area contributed by atoms with Crippen LogP contribution in [-0.4, -0.2) is 62.1 Å². The number of nitrogens with zero attached hydrogens (tertiary/aromatic N) is 2. The van der Waals surface area contributed by atoms with Crippen LogP contribution in [0.4, 0.5) is 0 Å². The van der Waals surface area contributed by atoms with E-state index in [1.807, 2.05) is 48.3 Å². The lowest BCUT2D eigenvalue weighted by atomic mass is 9.66. The molecular weight excluding hydrogens is 336 g/mol. The molecule has 2 aromatic rings. The van der Waals surface area contributed by atoms with Crippen molar-refractivity contribution in [1.82, 2.24) is 9.80 Å². The predicted octanol–water partition coefficient (Wildman–Crippen LogP) is 2.78. The predicted molar refractivity (Wildman–Crippen MR) is 107 cm³/mol. The number of hydrogen-bond donors (Lipinski definition) is 0. The molecule has 1 amide bonds. The highest BCUT2D eigenvalue weighted by Crippen LogP contribution is 2.46. The van der Waals surface area contributed by atoms with Crippen molar-refractivity contribution < 1.29 is 9.53 Å². The molecule has 2 aliphatic heterocycles. The van der Waals surface area contributed by atoms with Gasteiger partial charge in [-0.05, 0) is 24.1 Å². The molecule has 2 heterocycles. The summed E-state index contributed by atoms with van der Waals surface area (Å²) < 4.78 is 5.48. The average molecular weight is 364 g/mol. The first-order valence-electron chi connectivity index (χ1n) is 9.89. The van der Waals surface area contributed by atoms with Gasteiger partial charge in [0.05, 0.1) is 13.2 Å². The van der Waals surface area contributed by atoms with Crippen LogP contribution in [0.3, 0.4) is 0 Å². The van der Waals surface area contributed by atoms with E-state index in [2.05, 4.69) is 29.2 Å². The van der Waals surface area contributed by atoms with Crippen LogP contribution in [0.2, 0.25) is 0 Å². The minimum atomic E-state index is -0.594. The molecule has 0 bridgehead atoms. The quantitative estimate of drug-likeness (QED) is 0.818. The molecule has 4 heteroatoms. The zero-order valence-electron chi connectivity index (χ0n) is 16.0. The average Bonchev–Trinajstić information content (AvgIpc) is 2.99. The molecule has 2 fully saturated rings. The summed E-state index contributed by atoms with van der Waals surface area (Å²) in [5.41, 5.74) is 1.62. The first-order chi connectivity index (χ1) is 13.2. The van der Waals surface area contributed by atoms with Gasteiger partial charge in [-0.15, -0.1) is 0 Å². The summed E-state index contributed by atoms with van der Waals surface area (Å²) in [5.74, 6) is 0.467. The molecule has 142 valence electrons. The van der Waals surface area contributed by atoms with Gasteiger partial charge in [0.25, 0.3) is 0 Å². The zero-order valence-corrected chi connectivity index (χ0v) is 16.0. The normalized spacial score (nSPS) is 22.9. The Balaban J connectivity index is 1.72. The number of amides is 1. The number of rotatable bonds is 5. The molecule has 0 aliphatic carbocycles. The molecule has 0 N–H and O–H groups in total. The van der Waals surface area contributed by atoms with Crippen LogP contribution in [0.5, 0.6) is 0 Å². The number of carbonyl (C=O) groups is 1. The van der Waals surface area contributed by atoms with Gasteiger partial charge < -0.3 is 9.64 Å². The van der Waals surface area contributed by atoms with Crippen molar-refractivity contribution in [2.75, 3.05) is 46.4 Å². The van der Waals surface area contributed by atoms with E-state index in [1.54, 1.807) is 0 Å². The van der Waals surface area contributed by atoms with Crippen LogP contribution in [-0.2, 0) is 14.9 Å². The molecule has 2 saturated heterocycles. The third kappa shape index (κ3) is 3.28. The van der Waals surface area contributed by atoms with Crippen molar-refractivity contribution in [3.05, 3.63) is 71.8 Å². The highest BCUT2D eigenvalue weighted by Gasteiger charge is 2.54. The third-order valence-corrected chi connectivity index (χ3v) is 6.15. The number of hydrogen-bond acceptors (Lipinski definition) is 3. The van der Waals surface area contributed by atoms with Crippen molar-refractivity contribution in [3.63, 3.8) is 0 Å². The Bertz CT molecular complexity index is 717. The monoisotopic (exact) mass is 364 g/mol. The van der Waals surface area contributed by atoms with E-state index in [4.69, 9.17) is 4.74 Å². The first kappa shape index (κ1) is 18.2. The van der Waals surface area contributed by atoms with Crippen LogP contribution in [0.25, 0.3) is 0 Å². The van der Waals surface area contributed by atoms with Crippen molar-refractivity contribution in [2.45, 2.75) is 11.8 Å². The molecule has 1 atom stereocenters. The van der Waals surface area contributed by atoms with E-state index in [0.29, 0.717) is 0 Å². The maximum atomic E-state index is 13.6. The summed E-state index contributed by atoms with van der Waals surface area (Å²) in [6.07, 6.45) is 1.000. The van der Waals surface area contributed by atoms with E-state index in [9.17, 15) is 4.79 Å². The van der Waals surface area contributed by atoms with E-state index >= 15 is 0 Å². The molecule has 2 aliphatic rings. The van der Waals surface area contributed by atoms with Gasteiger partial charge in [0.1, 0.15) is 5.41 Å². The smallest absolute Gasteiger partial charge is 0.237 e. The Hall–Kier alpha value is -2.17. The topological polar surface area (TPSA) is 32.8 Å². The lowest BCUT2D eigenvalue weighted by Gasteiger charge is -2.35. The van der Waals surface area contributed by atoms with Crippen molar-refractivity contribution in [1.29, 1.82) is 0 Å². The summed E-state index contributed by atoms with van der Waals surface area (Å²) in [7, 11) is 1.94.